The maximum Gasteiger partial charge on any atom is 0.326 e. The molecule has 0 saturated carbocycles. The number of hydrogen-bond acceptors (Lipinski definition) is 2. The van der Waals surface area contributed by atoms with Gasteiger partial charge in [-0.3, -0.25) is 0 Å². The number of aliphatic carboxylic acids is 1. The average Bonchev–Trinajstić information content (AvgIpc) is 2.26. The lowest BCUT2D eigenvalue weighted by molar-refractivity contribution is -0.139. The van der Waals surface area contributed by atoms with E-state index in [2.05, 4.69) is 12.2 Å². The smallest absolute Gasteiger partial charge is 0.326 e. The molecule has 0 aliphatic rings. The summed E-state index contributed by atoms with van der Waals surface area (Å²) in [6.07, 6.45) is 1.91. The van der Waals surface area contributed by atoms with Crippen LogP contribution in [0.5, 0.6) is 0 Å². The Hall–Kier alpha value is -1.51. The maximum atomic E-state index is 11.2. The molecule has 1 aromatic rings. The number of rotatable bonds is 6. The number of aryl methyl sites for hydroxylation is 1. The second-order valence-electron chi connectivity index (χ2n) is 4.60. The van der Waals surface area contributed by atoms with Gasteiger partial charge in [-0.05, 0) is 37.0 Å². The van der Waals surface area contributed by atoms with Crippen LogP contribution in [0.4, 0.5) is 5.69 Å². The molecule has 2 N–H and O–H groups in total. The monoisotopic (exact) mass is 235 g/mol. The molecule has 0 heterocycles. The first kappa shape index (κ1) is 13.6. The number of benzene rings is 1. The quantitative estimate of drug-likeness (QED) is 0.795. The van der Waals surface area contributed by atoms with Crippen LogP contribution in [0.15, 0.2) is 24.3 Å². The molecule has 0 aliphatic carbocycles. The van der Waals surface area contributed by atoms with Crippen LogP contribution >= 0.6 is 0 Å². The van der Waals surface area contributed by atoms with Crippen LogP contribution in [-0.2, 0) is 4.79 Å². The van der Waals surface area contributed by atoms with E-state index < -0.39 is 12.0 Å². The Kier molecular flexibility index (Phi) is 5.01. The molecule has 17 heavy (non-hydrogen) atoms. The minimum atomic E-state index is -0.785. The molecule has 0 aromatic heterocycles. The molecule has 3 nitrogen and oxygen atoms in total. The van der Waals surface area contributed by atoms with Crippen LogP contribution in [0, 0.1) is 12.8 Å². The van der Waals surface area contributed by atoms with Gasteiger partial charge in [-0.1, -0.05) is 32.4 Å². The normalized spacial score (nSPS) is 14.1. The Labute approximate surface area is 103 Å². The van der Waals surface area contributed by atoms with E-state index in [1.165, 1.54) is 0 Å². The number of nitrogens with one attached hydrogen (secondary N) is 1. The van der Waals surface area contributed by atoms with Crippen molar-refractivity contribution in [1.29, 1.82) is 0 Å². The average molecular weight is 235 g/mol. The molecular formula is C14H21NO2. The van der Waals surface area contributed by atoms with Crippen molar-refractivity contribution in [1.82, 2.24) is 0 Å². The molecular weight excluding hydrogens is 214 g/mol. The zero-order chi connectivity index (χ0) is 12.8. The Morgan fingerprint density at radius 2 is 2.18 bits per heavy atom. The largest absolute Gasteiger partial charge is 0.480 e. The van der Waals surface area contributed by atoms with Gasteiger partial charge >= 0.3 is 5.97 Å². The molecule has 0 bridgehead atoms. The summed E-state index contributed by atoms with van der Waals surface area (Å²) in [7, 11) is 0. The van der Waals surface area contributed by atoms with E-state index in [4.69, 9.17) is 0 Å². The minimum Gasteiger partial charge on any atom is -0.480 e. The third-order valence-electron chi connectivity index (χ3n) is 2.92. The third-order valence-corrected chi connectivity index (χ3v) is 2.92. The molecule has 1 rings (SSSR count). The zero-order valence-corrected chi connectivity index (χ0v) is 10.7. The van der Waals surface area contributed by atoms with E-state index >= 15 is 0 Å². The van der Waals surface area contributed by atoms with Crippen LogP contribution in [-0.4, -0.2) is 17.1 Å². The standard InChI is InChI=1S/C14H21NO2/c1-4-6-11(3)13(14(16)17)15-12-8-5-7-10(2)9-12/h5,7-9,11,13,15H,4,6H2,1-3H3,(H,16,17). The first-order valence-electron chi connectivity index (χ1n) is 6.10. The van der Waals surface area contributed by atoms with Crippen LogP contribution in [0.3, 0.4) is 0 Å². The summed E-state index contributed by atoms with van der Waals surface area (Å²) in [5.41, 5.74) is 2.00. The molecule has 1 aromatic carbocycles. The van der Waals surface area contributed by atoms with Crippen LogP contribution < -0.4 is 5.32 Å². The fourth-order valence-corrected chi connectivity index (χ4v) is 1.98. The van der Waals surface area contributed by atoms with Gasteiger partial charge in [-0.15, -0.1) is 0 Å². The number of carboxylic acids is 1. The van der Waals surface area contributed by atoms with Gasteiger partial charge in [-0.25, -0.2) is 4.79 Å². The van der Waals surface area contributed by atoms with E-state index in [-0.39, 0.29) is 5.92 Å². The Morgan fingerprint density at radius 3 is 2.71 bits per heavy atom. The number of anilines is 1. The van der Waals surface area contributed by atoms with E-state index in [9.17, 15) is 9.90 Å². The maximum absolute atomic E-state index is 11.2. The summed E-state index contributed by atoms with van der Waals surface area (Å²) in [6, 6.07) is 7.28. The molecule has 2 unspecified atom stereocenters. The molecule has 94 valence electrons. The number of carbonyl (C=O) groups is 1. The summed E-state index contributed by atoms with van der Waals surface area (Å²) in [4.78, 5) is 11.2. The summed E-state index contributed by atoms with van der Waals surface area (Å²) in [5, 5.41) is 12.3. The highest BCUT2D eigenvalue weighted by molar-refractivity contribution is 5.77. The van der Waals surface area contributed by atoms with E-state index in [0.29, 0.717) is 0 Å². The fourth-order valence-electron chi connectivity index (χ4n) is 1.98. The van der Waals surface area contributed by atoms with Crippen LogP contribution in [0.2, 0.25) is 0 Å². The van der Waals surface area contributed by atoms with Gasteiger partial charge < -0.3 is 10.4 Å². The minimum absolute atomic E-state index is 0.123. The van der Waals surface area contributed by atoms with Gasteiger partial charge in [0.2, 0.25) is 0 Å². The molecule has 2 atom stereocenters. The lowest BCUT2D eigenvalue weighted by Gasteiger charge is -2.22. The Bertz CT molecular complexity index is 376. The van der Waals surface area contributed by atoms with Crippen molar-refractivity contribution in [3.63, 3.8) is 0 Å². The van der Waals surface area contributed by atoms with Crippen molar-refractivity contribution < 1.29 is 9.90 Å². The highest BCUT2D eigenvalue weighted by Crippen LogP contribution is 2.17. The van der Waals surface area contributed by atoms with Gasteiger partial charge in [0, 0.05) is 5.69 Å². The lowest BCUT2D eigenvalue weighted by Crippen LogP contribution is -2.35. The van der Waals surface area contributed by atoms with Crippen molar-refractivity contribution in [2.75, 3.05) is 5.32 Å². The van der Waals surface area contributed by atoms with E-state index in [0.717, 1.165) is 24.1 Å². The highest BCUT2D eigenvalue weighted by atomic mass is 16.4. The van der Waals surface area contributed by atoms with Gasteiger partial charge in [0.1, 0.15) is 6.04 Å². The third kappa shape index (κ3) is 4.10. The van der Waals surface area contributed by atoms with Crippen molar-refractivity contribution >= 4 is 11.7 Å². The van der Waals surface area contributed by atoms with Gasteiger partial charge in [0.25, 0.3) is 0 Å². The molecule has 0 aliphatic heterocycles. The molecule has 0 radical (unpaired) electrons. The second-order valence-corrected chi connectivity index (χ2v) is 4.60. The van der Waals surface area contributed by atoms with Crippen molar-refractivity contribution in [2.45, 2.75) is 39.7 Å². The topological polar surface area (TPSA) is 49.3 Å². The summed E-state index contributed by atoms with van der Waals surface area (Å²) in [5.74, 6) is -0.662. The van der Waals surface area contributed by atoms with Crippen molar-refractivity contribution in [3.8, 4) is 0 Å². The first-order valence-corrected chi connectivity index (χ1v) is 6.10. The molecule has 0 amide bonds. The summed E-state index contributed by atoms with van der Waals surface area (Å²) in [6.45, 7) is 6.05. The molecule has 0 fully saturated rings. The van der Waals surface area contributed by atoms with Gasteiger partial charge in [0.05, 0.1) is 0 Å². The van der Waals surface area contributed by atoms with Gasteiger partial charge in [0.15, 0.2) is 0 Å². The highest BCUT2D eigenvalue weighted by Gasteiger charge is 2.23. The number of carboxylic acid groups (broad SMARTS) is 1. The predicted octanol–water partition coefficient (Wildman–Crippen LogP) is 3.30. The SMILES string of the molecule is CCCC(C)C(Nc1cccc(C)c1)C(=O)O. The summed E-state index contributed by atoms with van der Waals surface area (Å²) >= 11 is 0. The van der Waals surface area contributed by atoms with E-state index in [1.807, 2.05) is 38.1 Å². The van der Waals surface area contributed by atoms with Crippen molar-refractivity contribution in [3.05, 3.63) is 29.8 Å². The zero-order valence-electron chi connectivity index (χ0n) is 10.7. The van der Waals surface area contributed by atoms with E-state index in [1.54, 1.807) is 0 Å². The predicted molar refractivity (Wildman–Crippen MR) is 70.3 cm³/mol. The first-order chi connectivity index (χ1) is 8.04. The molecule has 0 spiro atoms. The fraction of sp³-hybridized carbons (Fsp3) is 0.500. The second kappa shape index (κ2) is 6.28. The summed E-state index contributed by atoms with van der Waals surface area (Å²) < 4.78 is 0. The van der Waals surface area contributed by atoms with Crippen molar-refractivity contribution in [2.24, 2.45) is 5.92 Å². The lowest BCUT2D eigenvalue weighted by atomic mass is 9.96. The molecule has 3 heteroatoms. The molecule has 0 saturated heterocycles. The van der Waals surface area contributed by atoms with Crippen LogP contribution in [0.25, 0.3) is 0 Å². The van der Waals surface area contributed by atoms with Gasteiger partial charge in [-0.2, -0.15) is 0 Å². The van der Waals surface area contributed by atoms with Crippen LogP contribution in [0.1, 0.15) is 32.3 Å². The Balaban J connectivity index is 2.76. The Morgan fingerprint density at radius 1 is 1.47 bits per heavy atom. The number of hydrogen-bond donors (Lipinski definition) is 2.